The number of ether oxygens (including phenoxy) is 4. The van der Waals surface area contributed by atoms with E-state index in [1.54, 1.807) is 28.4 Å². The monoisotopic (exact) mass is 655 g/mol. The van der Waals surface area contributed by atoms with Crippen molar-refractivity contribution in [3.8, 4) is 23.0 Å². The molecule has 0 radical (unpaired) electrons. The Bertz CT molecular complexity index is 1600. The molecule has 0 saturated carbocycles. The number of aldehydes is 1. The molecule has 0 aliphatic rings. The topological polar surface area (TPSA) is 83.5 Å². The van der Waals surface area contributed by atoms with Crippen LogP contribution in [-0.2, 0) is 20.6 Å². The molecule has 0 N–H and O–H groups in total. The maximum atomic E-state index is 13.7. The SMILES string of the molecule is COc1ccc(CN(C(=O)C=O)[C@@H](CO[Si](c2ccccc2)(c2ccccc2)C(C)(C)C)c2cc(OC)c(C)c(OC)c2OC)cc1. The van der Waals surface area contributed by atoms with E-state index < -0.39 is 20.3 Å². The number of carbonyl (C=O) groups is 2. The molecule has 0 aliphatic carbocycles. The maximum absolute atomic E-state index is 13.7. The fourth-order valence-corrected chi connectivity index (χ4v) is 10.9. The van der Waals surface area contributed by atoms with Gasteiger partial charge in [-0.1, -0.05) is 93.6 Å². The van der Waals surface area contributed by atoms with Gasteiger partial charge < -0.3 is 28.3 Å². The van der Waals surface area contributed by atoms with Crippen molar-refractivity contribution in [1.82, 2.24) is 4.90 Å². The smallest absolute Gasteiger partial charge is 0.287 e. The average molecular weight is 656 g/mol. The molecule has 9 heteroatoms. The van der Waals surface area contributed by atoms with Crippen molar-refractivity contribution in [1.29, 1.82) is 0 Å². The lowest BCUT2D eigenvalue weighted by Crippen LogP contribution is -2.67. The van der Waals surface area contributed by atoms with Crippen molar-refractivity contribution < 1.29 is 33.0 Å². The molecular formula is C38H45NO7Si. The lowest BCUT2D eigenvalue weighted by molar-refractivity contribution is -0.141. The Morgan fingerprint density at radius 3 is 1.79 bits per heavy atom. The first-order valence-electron chi connectivity index (χ1n) is 15.5. The van der Waals surface area contributed by atoms with Gasteiger partial charge >= 0.3 is 0 Å². The number of carbonyl (C=O) groups excluding carboxylic acids is 2. The molecule has 0 unspecified atom stereocenters. The zero-order chi connectivity index (χ0) is 34.2. The van der Waals surface area contributed by atoms with Gasteiger partial charge in [0.05, 0.1) is 41.1 Å². The van der Waals surface area contributed by atoms with Crippen LogP contribution in [0.5, 0.6) is 23.0 Å². The Labute approximate surface area is 279 Å². The van der Waals surface area contributed by atoms with Gasteiger partial charge in [0.25, 0.3) is 14.2 Å². The highest BCUT2D eigenvalue weighted by atomic mass is 28.4. The number of hydrogen-bond donors (Lipinski definition) is 0. The van der Waals surface area contributed by atoms with E-state index in [4.69, 9.17) is 23.4 Å². The summed E-state index contributed by atoms with van der Waals surface area (Å²) in [6.45, 7) is 8.63. The van der Waals surface area contributed by atoms with Crippen molar-refractivity contribution in [3.63, 3.8) is 0 Å². The molecule has 0 heterocycles. The zero-order valence-corrected chi connectivity index (χ0v) is 29.5. The van der Waals surface area contributed by atoms with Crippen LogP contribution in [0.2, 0.25) is 5.04 Å². The standard InChI is InChI=1S/C38H45NO7Si/c1-27-34(43-6)23-32(37(45-8)36(27)44-7)33(39(35(41)25-40)24-28-19-21-29(42-5)22-20-28)26-46-47(38(2,3)4,30-15-11-9-12-16-30)31-17-13-10-14-18-31/h9-23,25,33H,24,26H2,1-8H3/t33-/m0/s1. The normalized spacial score (nSPS) is 12.2. The fourth-order valence-electron chi connectivity index (χ4n) is 6.29. The summed E-state index contributed by atoms with van der Waals surface area (Å²) in [4.78, 5) is 27.5. The van der Waals surface area contributed by atoms with Crippen molar-refractivity contribution in [2.75, 3.05) is 35.0 Å². The van der Waals surface area contributed by atoms with E-state index >= 15 is 0 Å². The summed E-state index contributed by atoms with van der Waals surface area (Å²) in [5.74, 6) is 1.44. The third-order valence-corrected chi connectivity index (χ3v) is 13.6. The summed E-state index contributed by atoms with van der Waals surface area (Å²) in [6, 6.07) is 29.0. The molecule has 0 aromatic heterocycles. The van der Waals surface area contributed by atoms with E-state index in [9.17, 15) is 9.59 Å². The number of nitrogens with zero attached hydrogens (tertiary/aromatic N) is 1. The quantitative estimate of drug-likeness (QED) is 0.0954. The molecule has 47 heavy (non-hydrogen) atoms. The number of benzene rings is 4. The Morgan fingerprint density at radius 2 is 1.34 bits per heavy atom. The molecule has 4 aromatic carbocycles. The molecule has 0 bridgehead atoms. The Morgan fingerprint density at radius 1 is 0.787 bits per heavy atom. The molecule has 4 aromatic rings. The maximum Gasteiger partial charge on any atom is 0.287 e. The lowest BCUT2D eigenvalue weighted by atomic mass is 9.99. The Kier molecular flexibility index (Phi) is 11.5. The second kappa shape index (κ2) is 15.3. The number of amides is 1. The van der Waals surface area contributed by atoms with Gasteiger partial charge in [-0.3, -0.25) is 9.59 Å². The molecule has 0 saturated heterocycles. The van der Waals surface area contributed by atoms with Crippen LogP contribution in [0, 0.1) is 6.92 Å². The van der Waals surface area contributed by atoms with Crippen LogP contribution >= 0.6 is 0 Å². The van der Waals surface area contributed by atoms with Gasteiger partial charge in [-0.2, -0.15) is 0 Å². The highest BCUT2D eigenvalue weighted by Crippen LogP contribution is 2.45. The third kappa shape index (κ3) is 7.21. The highest BCUT2D eigenvalue weighted by Gasteiger charge is 2.51. The lowest BCUT2D eigenvalue weighted by Gasteiger charge is -2.44. The first-order chi connectivity index (χ1) is 22.6. The van der Waals surface area contributed by atoms with Crippen LogP contribution in [0.3, 0.4) is 0 Å². The van der Waals surface area contributed by atoms with Crippen LogP contribution < -0.4 is 29.3 Å². The van der Waals surface area contributed by atoms with Crippen molar-refractivity contribution in [2.24, 2.45) is 0 Å². The van der Waals surface area contributed by atoms with E-state index in [2.05, 4.69) is 45.0 Å². The predicted octanol–water partition coefficient (Wildman–Crippen LogP) is 5.87. The van der Waals surface area contributed by atoms with E-state index in [0.717, 1.165) is 21.5 Å². The largest absolute Gasteiger partial charge is 0.497 e. The number of hydrogen-bond acceptors (Lipinski definition) is 7. The van der Waals surface area contributed by atoms with Gasteiger partial charge in [0.15, 0.2) is 11.5 Å². The van der Waals surface area contributed by atoms with Crippen LogP contribution in [0.15, 0.2) is 91.0 Å². The first kappa shape index (κ1) is 35.3. The van der Waals surface area contributed by atoms with Crippen LogP contribution in [-0.4, -0.2) is 60.5 Å². The third-order valence-electron chi connectivity index (χ3n) is 8.60. The van der Waals surface area contributed by atoms with Crippen molar-refractivity contribution in [2.45, 2.75) is 45.3 Å². The molecule has 8 nitrogen and oxygen atoms in total. The minimum atomic E-state index is -3.07. The van der Waals surface area contributed by atoms with Crippen LogP contribution in [0.25, 0.3) is 0 Å². The second-order valence-electron chi connectivity index (χ2n) is 12.3. The summed E-state index contributed by atoms with van der Waals surface area (Å²) < 4.78 is 30.3. The molecule has 0 fully saturated rings. The van der Waals surface area contributed by atoms with Crippen LogP contribution in [0.1, 0.15) is 43.5 Å². The average Bonchev–Trinajstić information content (AvgIpc) is 3.09. The number of rotatable bonds is 14. The summed E-state index contributed by atoms with van der Waals surface area (Å²) in [7, 11) is 3.23. The highest BCUT2D eigenvalue weighted by molar-refractivity contribution is 6.99. The van der Waals surface area contributed by atoms with Gasteiger partial charge in [-0.15, -0.1) is 0 Å². The van der Waals surface area contributed by atoms with Gasteiger partial charge in [0.2, 0.25) is 6.29 Å². The van der Waals surface area contributed by atoms with Gasteiger partial charge in [0, 0.05) is 17.7 Å². The van der Waals surface area contributed by atoms with Gasteiger partial charge in [-0.25, -0.2) is 0 Å². The summed E-state index contributed by atoms with van der Waals surface area (Å²) in [6.07, 6.45) is 0.342. The van der Waals surface area contributed by atoms with E-state index in [-0.39, 0.29) is 18.2 Å². The molecule has 1 amide bonds. The first-order valence-corrected chi connectivity index (χ1v) is 17.4. The fraction of sp³-hybridized carbons (Fsp3) is 0.316. The van der Waals surface area contributed by atoms with Crippen LogP contribution in [0.4, 0.5) is 0 Å². The predicted molar refractivity (Wildman–Crippen MR) is 187 cm³/mol. The van der Waals surface area contributed by atoms with Crippen molar-refractivity contribution >= 4 is 30.9 Å². The summed E-state index contributed by atoms with van der Waals surface area (Å²) >= 11 is 0. The second-order valence-corrected chi connectivity index (χ2v) is 16.6. The van der Waals surface area contributed by atoms with E-state index in [0.29, 0.717) is 34.8 Å². The minimum absolute atomic E-state index is 0.0503. The molecule has 0 aliphatic heterocycles. The zero-order valence-electron chi connectivity index (χ0n) is 28.5. The van der Waals surface area contributed by atoms with Crippen molar-refractivity contribution in [3.05, 3.63) is 108 Å². The summed E-state index contributed by atoms with van der Waals surface area (Å²) in [5.41, 5.74) is 2.14. The van der Waals surface area contributed by atoms with E-state index in [1.807, 2.05) is 73.7 Å². The Balaban J connectivity index is 1.98. The molecule has 4 rings (SSSR count). The van der Waals surface area contributed by atoms with Gasteiger partial charge in [-0.05, 0) is 46.1 Å². The Hall–Kier alpha value is -4.60. The summed E-state index contributed by atoms with van der Waals surface area (Å²) in [5, 5.41) is 1.85. The minimum Gasteiger partial charge on any atom is -0.497 e. The molecular weight excluding hydrogens is 611 g/mol. The van der Waals surface area contributed by atoms with E-state index in [1.165, 1.54) is 4.90 Å². The molecule has 0 spiro atoms. The molecule has 1 atom stereocenters. The molecule has 248 valence electrons. The number of methoxy groups -OCH3 is 4. The van der Waals surface area contributed by atoms with Gasteiger partial charge in [0.1, 0.15) is 11.5 Å².